The van der Waals surface area contributed by atoms with E-state index in [1.807, 2.05) is 0 Å². The van der Waals surface area contributed by atoms with Crippen LogP contribution in [0.3, 0.4) is 0 Å². The van der Waals surface area contributed by atoms with Gasteiger partial charge in [0.25, 0.3) is 0 Å². The van der Waals surface area contributed by atoms with Gasteiger partial charge in [-0.2, -0.15) is 0 Å². The Morgan fingerprint density at radius 1 is 0.778 bits per heavy atom. The third-order valence-corrected chi connectivity index (χ3v) is 6.79. The van der Waals surface area contributed by atoms with Crippen LogP contribution >= 0.6 is 0 Å². The largest absolute Gasteiger partial charge is 0.489 e. The predicted molar refractivity (Wildman–Crippen MR) is 135 cm³/mol. The van der Waals surface area contributed by atoms with Crippen LogP contribution < -0.4 is 9.47 Å². The first kappa shape index (κ1) is 28.0. The first-order valence-electron chi connectivity index (χ1n) is 12.8. The second kappa shape index (κ2) is 15.5. The maximum atomic E-state index is 13.3. The molecule has 198 valence electrons. The smallest absolute Gasteiger partial charge is 0.165 e. The molecule has 0 unspecified atom stereocenters. The minimum atomic E-state index is -0.322. The summed E-state index contributed by atoms with van der Waals surface area (Å²) >= 11 is 0. The maximum Gasteiger partial charge on any atom is 0.165 e. The van der Waals surface area contributed by atoms with Crippen LogP contribution in [-0.4, -0.2) is 80.3 Å². The van der Waals surface area contributed by atoms with Crippen LogP contribution in [0.1, 0.15) is 25.7 Å². The zero-order chi connectivity index (χ0) is 25.6. The molecule has 0 aliphatic carbocycles. The standard InChI is InChI=1S/C14H20FNO2.C14H18FNO2/c2*15-13-3-1-2-4-14(13)18-10-9-16-7-5-12(11-17)6-8-16/h1-4,12,17H,5-11H2;1-4,11-12H,5-10H2. The van der Waals surface area contributed by atoms with Crippen molar-refractivity contribution in [3.63, 3.8) is 0 Å². The highest BCUT2D eigenvalue weighted by atomic mass is 19.1. The van der Waals surface area contributed by atoms with Crippen LogP contribution in [0, 0.1) is 23.5 Å². The fraction of sp³-hybridized carbons (Fsp3) is 0.536. The van der Waals surface area contributed by atoms with Gasteiger partial charge < -0.3 is 19.4 Å². The summed E-state index contributed by atoms with van der Waals surface area (Å²) in [5.74, 6) is 0.666. The van der Waals surface area contributed by atoms with Crippen molar-refractivity contribution in [2.24, 2.45) is 11.8 Å². The van der Waals surface area contributed by atoms with Crippen molar-refractivity contribution in [1.29, 1.82) is 0 Å². The van der Waals surface area contributed by atoms with Crippen molar-refractivity contribution in [1.82, 2.24) is 9.80 Å². The monoisotopic (exact) mass is 504 g/mol. The molecule has 2 aromatic carbocycles. The average Bonchev–Trinajstić information content (AvgIpc) is 2.92. The summed E-state index contributed by atoms with van der Waals surface area (Å²) in [6.45, 7) is 6.69. The van der Waals surface area contributed by atoms with Gasteiger partial charge in [0, 0.05) is 25.6 Å². The van der Waals surface area contributed by atoms with Crippen LogP contribution in [0.5, 0.6) is 11.5 Å². The van der Waals surface area contributed by atoms with Crippen LogP contribution in [0.25, 0.3) is 0 Å². The van der Waals surface area contributed by atoms with E-state index < -0.39 is 0 Å². The number of rotatable bonds is 10. The third kappa shape index (κ3) is 9.48. The molecular formula is C28H38F2N2O4. The molecule has 2 aromatic rings. The number of carbonyl (C=O) groups is 1. The number of benzene rings is 2. The van der Waals surface area contributed by atoms with Gasteiger partial charge in [-0.25, -0.2) is 8.78 Å². The Balaban J connectivity index is 0.000000201. The molecule has 2 heterocycles. The molecule has 4 rings (SSSR count). The number of aliphatic hydroxyl groups is 1. The summed E-state index contributed by atoms with van der Waals surface area (Å²) < 4.78 is 37.4. The fourth-order valence-corrected chi connectivity index (χ4v) is 4.40. The summed E-state index contributed by atoms with van der Waals surface area (Å²) in [5, 5.41) is 9.05. The third-order valence-electron chi connectivity index (χ3n) is 6.79. The summed E-state index contributed by atoms with van der Waals surface area (Å²) in [7, 11) is 0. The van der Waals surface area contributed by atoms with Gasteiger partial charge in [0.15, 0.2) is 23.1 Å². The quantitative estimate of drug-likeness (QED) is 0.493. The molecule has 36 heavy (non-hydrogen) atoms. The molecule has 0 aromatic heterocycles. The highest BCUT2D eigenvalue weighted by Crippen LogP contribution is 2.19. The second-order valence-corrected chi connectivity index (χ2v) is 9.34. The van der Waals surface area contributed by atoms with Gasteiger partial charge in [-0.15, -0.1) is 0 Å². The number of hydrogen-bond donors (Lipinski definition) is 1. The Kier molecular flexibility index (Phi) is 12.1. The SMILES string of the molecule is O=CC1CCN(CCOc2ccccc2F)CC1.OCC1CCN(CCOc2ccccc2F)CC1. The number of nitrogens with zero attached hydrogens (tertiary/aromatic N) is 2. The number of piperidine rings is 2. The van der Waals surface area contributed by atoms with Crippen LogP contribution in [0.15, 0.2) is 48.5 Å². The number of halogens is 2. The van der Waals surface area contributed by atoms with E-state index in [1.165, 1.54) is 12.1 Å². The summed E-state index contributed by atoms with van der Waals surface area (Å²) in [6.07, 6.45) is 4.96. The van der Waals surface area contributed by atoms with Gasteiger partial charge >= 0.3 is 0 Å². The van der Waals surface area contributed by atoms with Crippen molar-refractivity contribution >= 4 is 6.29 Å². The van der Waals surface area contributed by atoms with Crippen molar-refractivity contribution in [2.45, 2.75) is 25.7 Å². The first-order chi connectivity index (χ1) is 17.6. The average molecular weight is 505 g/mol. The summed E-state index contributed by atoms with van der Waals surface area (Å²) in [6, 6.07) is 12.9. The van der Waals surface area contributed by atoms with E-state index in [4.69, 9.17) is 14.6 Å². The zero-order valence-electron chi connectivity index (χ0n) is 20.9. The lowest BCUT2D eigenvalue weighted by Gasteiger charge is -2.30. The van der Waals surface area contributed by atoms with E-state index in [-0.39, 0.29) is 17.6 Å². The molecule has 0 amide bonds. The molecule has 1 N–H and O–H groups in total. The number of hydrogen-bond acceptors (Lipinski definition) is 6. The maximum absolute atomic E-state index is 13.3. The molecule has 0 atom stereocenters. The summed E-state index contributed by atoms with van der Waals surface area (Å²) in [5.41, 5.74) is 0. The topological polar surface area (TPSA) is 62.2 Å². The van der Waals surface area contributed by atoms with Gasteiger partial charge in [-0.1, -0.05) is 24.3 Å². The molecule has 0 spiro atoms. The number of likely N-dealkylation sites (tertiary alicyclic amines) is 2. The van der Waals surface area contributed by atoms with Crippen molar-refractivity contribution in [2.75, 3.05) is 59.1 Å². The number of ether oxygens (including phenoxy) is 2. The van der Waals surface area contributed by atoms with Crippen LogP contribution in [0.4, 0.5) is 8.78 Å². The van der Waals surface area contributed by atoms with E-state index in [1.54, 1.807) is 36.4 Å². The van der Waals surface area contributed by atoms with Gasteiger partial charge in [-0.05, 0) is 82.0 Å². The lowest BCUT2D eigenvalue weighted by molar-refractivity contribution is -0.112. The van der Waals surface area contributed by atoms with E-state index in [0.717, 1.165) is 71.2 Å². The molecule has 0 bridgehead atoms. The van der Waals surface area contributed by atoms with E-state index in [2.05, 4.69) is 9.80 Å². The number of para-hydroxylation sites is 2. The van der Waals surface area contributed by atoms with Gasteiger partial charge in [0.1, 0.15) is 19.5 Å². The summed E-state index contributed by atoms with van der Waals surface area (Å²) in [4.78, 5) is 15.2. The Morgan fingerprint density at radius 3 is 1.64 bits per heavy atom. The van der Waals surface area contributed by atoms with Crippen LogP contribution in [0.2, 0.25) is 0 Å². The Hall–Kier alpha value is -2.55. The van der Waals surface area contributed by atoms with E-state index in [0.29, 0.717) is 37.2 Å². The lowest BCUT2D eigenvalue weighted by atomic mass is 9.98. The number of carbonyl (C=O) groups excluding carboxylic acids is 1. The molecule has 2 aliphatic heterocycles. The van der Waals surface area contributed by atoms with E-state index in [9.17, 15) is 13.6 Å². The molecule has 2 saturated heterocycles. The van der Waals surface area contributed by atoms with Crippen molar-refractivity contribution < 1.29 is 28.2 Å². The number of aliphatic hydroxyl groups excluding tert-OH is 1. The molecule has 0 saturated carbocycles. The van der Waals surface area contributed by atoms with Crippen molar-refractivity contribution in [3.8, 4) is 11.5 Å². The first-order valence-corrected chi connectivity index (χ1v) is 12.8. The highest BCUT2D eigenvalue weighted by molar-refractivity contribution is 5.53. The number of aldehydes is 1. The van der Waals surface area contributed by atoms with Crippen molar-refractivity contribution in [3.05, 3.63) is 60.2 Å². The minimum absolute atomic E-state index is 0.216. The molecule has 0 radical (unpaired) electrons. The molecule has 8 heteroatoms. The second-order valence-electron chi connectivity index (χ2n) is 9.34. The van der Waals surface area contributed by atoms with Gasteiger partial charge in [-0.3, -0.25) is 9.80 Å². The normalized spacial score (nSPS) is 17.8. The Labute approximate surface area is 212 Å². The van der Waals surface area contributed by atoms with Crippen LogP contribution in [-0.2, 0) is 4.79 Å². The molecule has 2 fully saturated rings. The predicted octanol–water partition coefficient (Wildman–Crippen LogP) is 4.02. The molecule has 6 nitrogen and oxygen atoms in total. The zero-order valence-corrected chi connectivity index (χ0v) is 20.9. The fourth-order valence-electron chi connectivity index (χ4n) is 4.40. The Morgan fingerprint density at radius 2 is 1.22 bits per heavy atom. The molecular weight excluding hydrogens is 466 g/mol. The lowest BCUT2D eigenvalue weighted by Crippen LogP contribution is -2.37. The Bertz CT molecular complexity index is 901. The van der Waals surface area contributed by atoms with Gasteiger partial charge in [0.2, 0.25) is 0 Å². The molecule has 2 aliphatic rings. The van der Waals surface area contributed by atoms with E-state index >= 15 is 0 Å². The minimum Gasteiger partial charge on any atom is -0.489 e. The highest BCUT2D eigenvalue weighted by Gasteiger charge is 2.19. The van der Waals surface area contributed by atoms with Gasteiger partial charge in [0.05, 0.1) is 0 Å².